The molecule has 0 bridgehead atoms. The Bertz CT molecular complexity index is 1280. The molecule has 4 rings (SSSR count). The van der Waals surface area contributed by atoms with Gasteiger partial charge in [-0.1, -0.05) is 0 Å². The van der Waals surface area contributed by atoms with Gasteiger partial charge in [-0.2, -0.15) is 13.2 Å². The molecule has 158 valence electrons. The first kappa shape index (κ1) is 19.9. The number of nitrogens with one attached hydrogen (secondary N) is 2. The number of benzene rings is 2. The van der Waals surface area contributed by atoms with Crippen molar-refractivity contribution in [3.05, 3.63) is 64.0 Å². The van der Waals surface area contributed by atoms with Gasteiger partial charge in [-0.3, -0.25) is 10.1 Å². The Kier molecular flexibility index (Phi) is 4.81. The fraction of sp³-hybridized carbons (Fsp3) is 0.0588. The zero-order valence-corrected chi connectivity index (χ0v) is 15.0. The minimum atomic E-state index is -4.82. The van der Waals surface area contributed by atoms with E-state index in [1.165, 1.54) is 24.3 Å². The van der Waals surface area contributed by atoms with E-state index in [0.717, 1.165) is 6.07 Å². The van der Waals surface area contributed by atoms with Gasteiger partial charge < -0.3 is 10.6 Å². The molecule has 0 radical (unpaired) electrons. The lowest BCUT2D eigenvalue weighted by atomic mass is 10.1. The Morgan fingerprint density at radius 2 is 1.48 bits per heavy atom. The summed E-state index contributed by atoms with van der Waals surface area (Å²) in [4.78, 5) is 18.3. The van der Waals surface area contributed by atoms with Crippen LogP contribution in [-0.2, 0) is 6.18 Å². The SMILES string of the molecule is O=[N+]([O-])c1cc(Nc2nc3nonc3nc2Nc2ccc(F)cc2)cc(C(F)(F)F)c1. The molecular weight excluding hydrogens is 426 g/mol. The van der Waals surface area contributed by atoms with Crippen molar-refractivity contribution in [2.75, 3.05) is 10.6 Å². The Morgan fingerprint density at radius 3 is 2.03 bits per heavy atom. The van der Waals surface area contributed by atoms with E-state index in [9.17, 15) is 27.7 Å². The largest absolute Gasteiger partial charge is 0.416 e. The fourth-order valence-electron chi connectivity index (χ4n) is 2.57. The summed E-state index contributed by atoms with van der Waals surface area (Å²) in [7, 11) is 0. The molecule has 0 spiro atoms. The molecule has 10 nitrogen and oxygen atoms in total. The van der Waals surface area contributed by atoms with Crippen LogP contribution in [0, 0.1) is 15.9 Å². The summed E-state index contributed by atoms with van der Waals surface area (Å²) in [6, 6.07) is 7.14. The van der Waals surface area contributed by atoms with Crippen LogP contribution in [0.5, 0.6) is 0 Å². The predicted molar refractivity (Wildman–Crippen MR) is 98.5 cm³/mol. The molecule has 0 aliphatic rings. The molecule has 0 saturated heterocycles. The highest BCUT2D eigenvalue weighted by atomic mass is 19.4. The van der Waals surface area contributed by atoms with Crippen LogP contribution in [0.2, 0.25) is 0 Å². The lowest BCUT2D eigenvalue weighted by Crippen LogP contribution is -2.08. The second-order valence-electron chi connectivity index (χ2n) is 6.11. The van der Waals surface area contributed by atoms with Crippen molar-refractivity contribution in [3.8, 4) is 0 Å². The van der Waals surface area contributed by atoms with E-state index < -0.39 is 28.2 Å². The second kappa shape index (κ2) is 7.47. The quantitative estimate of drug-likeness (QED) is 0.263. The summed E-state index contributed by atoms with van der Waals surface area (Å²) in [5, 5.41) is 23.5. The van der Waals surface area contributed by atoms with Crippen LogP contribution in [0.15, 0.2) is 47.1 Å². The number of rotatable bonds is 5. The van der Waals surface area contributed by atoms with Gasteiger partial charge in [-0.25, -0.2) is 19.0 Å². The molecular formula is C17H9F4N7O3. The minimum absolute atomic E-state index is 0.00909. The van der Waals surface area contributed by atoms with Gasteiger partial charge in [0, 0.05) is 23.5 Å². The van der Waals surface area contributed by atoms with Crippen molar-refractivity contribution in [1.82, 2.24) is 20.3 Å². The third-order valence-corrected chi connectivity index (χ3v) is 3.94. The zero-order valence-electron chi connectivity index (χ0n) is 15.0. The monoisotopic (exact) mass is 435 g/mol. The van der Waals surface area contributed by atoms with Crippen LogP contribution >= 0.6 is 0 Å². The number of alkyl halides is 3. The maximum Gasteiger partial charge on any atom is 0.416 e. The first-order chi connectivity index (χ1) is 14.7. The van der Waals surface area contributed by atoms with Crippen LogP contribution in [0.4, 0.5) is 46.3 Å². The number of hydrogen-bond donors (Lipinski definition) is 2. The molecule has 0 fully saturated rings. The number of aromatic nitrogens is 4. The van der Waals surface area contributed by atoms with Crippen LogP contribution in [0.3, 0.4) is 0 Å². The first-order valence-corrected chi connectivity index (χ1v) is 8.35. The van der Waals surface area contributed by atoms with E-state index in [0.29, 0.717) is 17.8 Å². The molecule has 0 unspecified atom stereocenters. The number of anilines is 4. The van der Waals surface area contributed by atoms with Crippen molar-refractivity contribution >= 4 is 40.0 Å². The molecule has 0 atom stereocenters. The van der Waals surface area contributed by atoms with Gasteiger partial charge in [-0.15, -0.1) is 0 Å². The van der Waals surface area contributed by atoms with Gasteiger partial charge in [0.15, 0.2) is 11.6 Å². The molecule has 31 heavy (non-hydrogen) atoms. The maximum atomic E-state index is 13.2. The molecule has 2 aromatic heterocycles. The van der Waals surface area contributed by atoms with Crippen molar-refractivity contribution in [2.45, 2.75) is 6.18 Å². The number of nitrogens with zero attached hydrogens (tertiary/aromatic N) is 5. The van der Waals surface area contributed by atoms with Crippen LogP contribution in [0.1, 0.15) is 5.56 Å². The fourth-order valence-corrected chi connectivity index (χ4v) is 2.57. The minimum Gasteiger partial charge on any atom is -0.337 e. The van der Waals surface area contributed by atoms with Crippen LogP contribution < -0.4 is 10.6 Å². The number of nitro groups is 1. The van der Waals surface area contributed by atoms with Gasteiger partial charge in [-0.05, 0) is 40.6 Å². The summed E-state index contributed by atoms with van der Waals surface area (Å²) in [5.41, 5.74) is -1.96. The summed E-state index contributed by atoms with van der Waals surface area (Å²) >= 11 is 0. The van der Waals surface area contributed by atoms with Crippen LogP contribution in [0.25, 0.3) is 11.3 Å². The van der Waals surface area contributed by atoms with Crippen molar-refractivity contribution in [1.29, 1.82) is 0 Å². The first-order valence-electron chi connectivity index (χ1n) is 8.35. The molecule has 0 aliphatic carbocycles. The smallest absolute Gasteiger partial charge is 0.337 e. The maximum absolute atomic E-state index is 13.2. The summed E-state index contributed by atoms with van der Waals surface area (Å²) < 4.78 is 57.2. The molecule has 2 N–H and O–H groups in total. The highest BCUT2D eigenvalue weighted by Gasteiger charge is 2.33. The summed E-state index contributed by atoms with van der Waals surface area (Å²) in [6.07, 6.45) is -4.82. The third kappa shape index (κ3) is 4.31. The van der Waals surface area contributed by atoms with Crippen molar-refractivity contribution in [2.24, 2.45) is 0 Å². The lowest BCUT2D eigenvalue weighted by molar-refractivity contribution is -0.385. The van der Waals surface area contributed by atoms with Crippen LogP contribution in [-0.4, -0.2) is 25.2 Å². The Morgan fingerprint density at radius 1 is 0.903 bits per heavy atom. The predicted octanol–water partition coefficient (Wildman–Crippen LogP) is 4.57. The zero-order chi connectivity index (χ0) is 22.2. The number of hydrogen-bond acceptors (Lipinski definition) is 9. The van der Waals surface area contributed by atoms with Crippen molar-refractivity contribution in [3.63, 3.8) is 0 Å². The number of nitro benzene ring substituents is 1. The van der Waals surface area contributed by atoms with Gasteiger partial charge in [0.2, 0.25) is 11.3 Å². The highest BCUT2D eigenvalue weighted by molar-refractivity contribution is 5.79. The van der Waals surface area contributed by atoms with Gasteiger partial charge in [0.1, 0.15) is 5.82 Å². The Balaban J connectivity index is 1.77. The normalized spacial score (nSPS) is 11.5. The van der Waals surface area contributed by atoms with Gasteiger partial charge in [0.05, 0.1) is 10.5 Å². The van der Waals surface area contributed by atoms with E-state index >= 15 is 0 Å². The number of fused-ring (bicyclic) bond motifs is 1. The van der Waals surface area contributed by atoms with E-state index in [1.54, 1.807) is 0 Å². The Hall–Kier alpha value is -4.36. The standard InChI is InChI=1S/C17H9F4N7O3/c18-9-1-3-10(4-2-9)22-13-14(25-16-15(24-13)26-31-27-16)23-11-5-8(17(19,20)21)6-12(7-11)28(29)30/h1-7H,(H,22,24,26)(H,23,25,27). The molecule has 2 heterocycles. The van der Waals surface area contributed by atoms with E-state index in [2.05, 4.69) is 35.5 Å². The number of halogens is 4. The number of non-ortho nitro benzene ring substituents is 1. The van der Waals surface area contributed by atoms with E-state index in [1.807, 2.05) is 0 Å². The molecule has 14 heteroatoms. The topological polar surface area (TPSA) is 132 Å². The van der Waals surface area contributed by atoms with Crippen molar-refractivity contribution < 1.29 is 27.1 Å². The average Bonchev–Trinajstić information content (AvgIpc) is 3.16. The van der Waals surface area contributed by atoms with Gasteiger partial charge in [0.25, 0.3) is 5.69 Å². The molecule has 0 saturated carbocycles. The van der Waals surface area contributed by atoms with E-state index in [-0.39, 0.29) is 28.6 Å². The van der Waals surface area contributed by atoms with E-state index in [4.69, 9.17) is 0 Å². The molecule has 2 aromatic carbocycles. The lowest BCUT2D eigenvalue weighted by Gasteiger charge is -2.13. The molecule has 0 amide bonds. The second-order valence-corrected chi connectivity index (χ2v) is 6.11. The van der Waals surface area contributed by atoms with Gasteiger partial charge >= 0.3 is 6.18 Å². The Labute approximate surface area is 169 Å². The molecule has 0 aliphatic heterocycles. The summed E-state index contributed by atoms with van der Waals surface area (Å²) in [6.45, 7) is 0. The average molecular weight is 435 g/mol. The summed E-state index contributed by atoms with van der Waals surface area (Å²) in [5.74, 6) is -0.626. The highest BCUT2D eigenvalue weighted by Crippen LogP contribution is 2.35. The third-order valence-electron chi connectivity index (χ3n) is 3.94. The molecule has 4 aromatic rings.